The molecule has 20 heavy (non-hydrogen) atoms. The van der Waals surface area contributed by atoms with E-state index in [1.807, 2.05) is 12.2 Å². The van der Waals surface area contributed by atoms with E-state index in [4.69, 9.17) is 0 Å². The SMILES string of the molecule is C=CCN(CC=C)CCc1c[nH]c2c(CC)cccc12. The van der Waals surface area contributed by atoms with Crippen LogP contribution in [0, 0.1) is 0 Å². The predicted octanol–water partition coefficient (Wildman–Crippen LogP) is 3.95. The molecule has 2 heteroatoms. The van der Waals surface area contributed by atoms with Gasteiger partial charge < -0.3 is 4.98 Å². The number of nitrogens with zero attached hydrogens (tertiary/aromatic N) is 1. The van der Waals surface area contributed by atoms with Gasteiger partial charge >= 0.3 is 0 Å². The third-order valence-corrected chi connectivity index (χ3v) is 3.74. The molecule has 0 saturated heterocycles. The van der Waals surface area contributed by atoms with E-state index in [9.17, 15) is 0 Å². The standard InChI is InChI=1S/C18H24N2/c1-4-11-20(12-5-2)13-10-16-14-19-18-15(6-3)8-7-9-17(16)18/h4-5,7-9,14,19H,1-2,6,10-13H2,3H3. The van der Waals surface area contributed by atoms with E-state index in [2.05, 4.69) is 54.4 Å². The molecule has 2 rings (SSSR count). The van der Waals surface area contributed by atoms with Gasteiger partial charge in [-0.25, -0.2) is 0 Å². The first-order valence-electron chi connectivity index (χ1n) is 7.32. The van der Waals surface area contributed by atoms with Gasteiger partial charge in [-0.2, -0.15) is 0 Å². The molecule has 2 aromatic rings. The lowest BCUT2D eigenvalue weighted by molar-refractivity contribution is 0.340. The Labute approximate surface area is 121 Å². The lowest BCUT2D eigenvalue weighted by atomic mass is 10.1. The first kappa shape index (κ1) is 14.6. The zero-order valence-corrected chi connectivity index (χ0v) is 12.4. The first-order chi connectivity index (χ1) is 9.80. The summed E-state index contributed by atoms with van der Waals surface area (Å²) >= 11 is 0. The normalized spacial score (nSPS) is 11.1. The summed E-state index contributed by atoms with van der Waals surface area (Å²) < 4.78 is 0. The molecular formula is C18H24N2. The van der Waals surface area contributed by atoms with Crippen LogP contribution >= 0.6 is 0 Å². The second-order valence-electron chi connectivity index (χ2n) is 5.09. The highest BCUT2D eigenvalue weighted by Crippen LogP contribution is 2.22. The van der Waals surface area contributed by atoms with Crippen LogP contribution in [0.1, 0.15) is 18.1 Å². The van der Waals surface area contributed by atoms with Crippen LogP contribution in [-0.4, -0.2) is 29.5 Å². The number of hydrogen-bond acceptors (Lipinski definition) is 1. The minimum absolute atomic E-state index is 0.911. The highest BCUT2D eigenvalue weighted by molar-refractivity contribution is 5.86. The van der Waals surface area contributed by atoms with Crippen LogP contribution < -0.4 is 0 Å². The smallest absolute Gasteiger partial charge is 0.0489 e. The van der Waals surface area contributed by atoms with Gasteiger partial charge in [-0.3, -0.25) is 4.90 Å². The quantitative estimate of drug-likeness (QED) is 0.718. The van der Waals surface area contributed by atoms with Gasteiger partial charge in [0.15, 0.2) is 0 Å². The molecule has 0 aliphatic heterocycles. The molecule has 0 aliphatic rings. The van der Waals surface area contributed by atoms with Gasteiger partial charge in [-0.1, -0.05) is 37.3 Å². The van der Waals surface area contributed by atoms with Crippen molar-refractivity contribution in [3.8, 4) is 0 Å². The number of hydrogen-bond donors (Lipinski definition) is 1. The summed E-state index contributed by atoms with van der Waals surface area (Å²) in [5, 5.41) is 1.36. The van der Waals surface area contributed by atoms with Crippen molar-refractivity contribution in [3.05, 3.63) is 60.8 Å². The van der Waals surface area contributed by atoms with Crippen LogP contribution in [0.5, 0.6) is 0 Å². The molecule has 0 bridgehead atoms. The number of rotatable bonds is 8. The van der Waals surface area contributed by atoms with E-state index in [1.54, 1.807) is 0 Å². The van der Waals surface area contributed by atoms with Gasteiger partial charge in [0.25, 0.3) is 0 Å². The van der Waals surface area contributed by atoms with Crippen LogP contribution in [0.3, 0.4) is 0 Å². The molecular weight excluding hydrogens is 244 g/mol. The van der Waals surface area contributed by atoms with Gasteiger partial charge in [-0.05, 0) is 24.0 Å². The third-order valence-electron chi connectivity index (χ3n) is 3.74. The molecule has 1 heterocycles. The number of aromatic nitrogens is 1. The molecule has 0 unspecified atom stereocenters. The number of para-hydroxylation sites is 1. The Hall–Kier alpha value is -1.80. The summed E-state index contributed by atoms with van der Waals surface area (Å²) in [6.07, 6.45) is 8.18. The topological polar surface area (TPSA) is 19.0 Å². The highest BCUT2D eigenvalue weighted by Gasteiger charge is 2.08. The van der Waals surface area contributed by atoms with Gasteiger partial charge in [0.05, 0.1) is 0 Å². The maximum absolute atomic E-state index is 3.82. The van der Waals surface area contributed by atoms with Gasteiger partial charge in [0, 0.05) is 36.7 Å². The Morgan fingerprint density at radius 2 is 1.90 bits per heavy atom. The fourth-order valence-corrected chi connectivity index (χ4v) is 2.68. The summed E-state index contributed by atoms with van der Waals surface area (Å²) in [5.74, 6) is 0. The third kappa shape index (κ3) is 3.20. The largest absolute Gasteiger partial charge is 0.361 e. The maximum Gasteiger partial charge on any atom is 0.0489 e. The van der Waals surface area contributed by atoms with Crippen molar-refractivity contribution in [3.63, 3.8) is 0 Å². The molecule has 0 aliphatic carbocycles. The van der Waals surface area contributed by atoms with Crippen molar-refractivity contribution < 1.29 is 0 Å². The average molecular weight is 268 g/mol. The lowest BCUT2D eigenvalue weighted by Gasteiger charge is -2.18. The van der Waals surface area contributed by atoms with E-state index in [0.717, 1.165) is 32.5 Å². The van der Waals surface area contributed by atoms with Gasteiger partial charge in [-0.15, -0.1) is 13.2 Å². The summed E-state index contributed by atoms with van der Waals surface area (Å²) in [4.78, 5) is 5.79. The molecule has 0 atom stereocenters. The molecule has 1 N–H and O–H groups in total. The Balaban J connectivity index is 2.13. The average Bonchev–Trinajstić information content (AvgIpc) is 2.88. The van der Waals surface area contributed by atoms with E-state index in [0.29, 0.717) is 0 Å². The zero-order valence-electron chi connectivity index (χ0n) is 12.4. The second-order valence-corrected chi connectivity index (χ2v) is 5.09. The lowest BCUT2D eigenvalue weighted by Crippen LogP contribution is -2.26. The number of H-pyrrole nitrogens is 1. The Bertz CT molecular complexity index is 570. The van der Waals surface area contributed by atoms with Crippen molar-refractivity contribution in [2.75, 3.05) is 19.6 Å². The summed E-state index contributed by atoms with van der Waals surface area (Å²) in [6.45, 7) is 12.7. The number of benzene rings is 1. The molecule has 0 radical (unpaired) electrons. The summed E-state index contributed by atoms with van der Waals surface area (Å²) in [5.41, 5.74) is 4.08. The molecule has 2 nitrogen and oxygen atoms in total. The number of aromatic amines is 1. The van der Waals surface area contributed by atoms with E-state index in [1.165, 1.54) is 22.0 Å². The number of nitrogens with one attached hydrogen (secondary N) is 1. The first-order valence-corrected chi connectivity index (χ1v) is 7.32. The molecule has 1 aromatic heterocycles. The van der Waals surface area contributed by atoms with Crippen molar-refractivity contribution in [2.24, 2.45) is 0 Å². The second kappa shape index (κ2) is 7.11. The van der Waals surface area contributed by atoms with Crippen molar-refractivity contribution >= 4 is 10.9 Å². The Kier molecular flexibility index (Phi) is 5.19. The maximum atomic E-state index is 3.82. The van der Waals surface area contributed by atoms with Crippen LogP contribution in [0.15, 0.2) is 49.7 Å². The van der Waals surface area contributed by atoms with Crippen LogP contribution in [0.25, 0.3) is 10.9 Å². The van der Waals surface area contributed by atoms with E-state index >= 15 is 0 Å². The minimum atomic E-state index is 0.911. The molecule has 0 spiro atoms. The van der Waals surface area contributed by atoms with E-state index < -0.39 is 0 Å². The fraction of sp³-hybridized carbons (Fsp3) is 0.333. The molecule has 0 amide bonds. The van der Waals surface area contributed by atoms with Gasteiger partial charge in [0.2, 0.25) is 0 Å². The summed E-state index contributed by atoms with van der Waals surface area (Å²) in [7, 11) is 0. The number of aryl methyl sites for hydroxylation is 1. The monoisotopic (exact) mass is 268 g/mol. The predicted molar refractivity (Wildman–Crippen MR) is 88.2 cm³/mol. The molecule has 106 valence electrons. The Morgan fingerprint density at radius 3 is 2.55 bits per heavy atom. The highest BCUT2D eigenvalue weighted by atomic mass is 15.1. The van der Waals surface area contributed by atoms with Crippen LogP contribution in [0.4, 0.5) is 0 Å². The minimum Gasteiger partial charge on any atom is -0.361 e. The van der Waals surface area contributed by atoms with Crippen LogP contribution in [0.2, 0.25) is 0 Å². The number of fused-ring (bicyclic) bond motifs is 1. The van der Waals surface area contributed by atoms with Crippen molar-refractivity contribution in [1.29, 1.82) is 0 Å². The Morgan fingerprint density at radius 1 is 1.15 bits per heavy atom. The van der Waals surface area contributed by atoms with E-state index in [-0.39, 0.29) is 0 Å². The van der Waals surface area contributed by atoms with Crippen molar-refractivity contribution in [1.82, 2.24) is 9.88 Å². The fourth-order valence-electron chi connectivity index (χ4n) is 2.68. The molecule has 0 saturated carbocycles. The van der Waals surface area contributed by atoms with Crippen LogP contribution in [-0.2, 0) is 12.8 Å². The molecule has 1 aromatic carbocycles. The zero-order chi connectivity index (χ0) is 14.4. The molecule has 0 fully saturated rings. The summed E-state index contributed by atoms with van der Waals surface area (Å²) in [6, 6.07) is 6.57. The van der Waals surface area contributed by atoms with Gasteiger partial charge in [0.1, 0.15) is 0 Å². The van der Waals surface area contributed by atoms with Crippen molar-refractivity contribution in [2.45, 2.75) is 19.8 Å².